The third kappa shape index (κ3) is 4.95. The van der Waals surface area contributed by atoms with E-state index in [1.165, 1.54) is 12.1 Å². The molecule has 1 heterocycles. The number of likely N-dealkylation sites (N-methyl/N-ethyl adjacent to an activating group) is 1. The van der Waals surface area contributed by atoms with E-state index in [1.54, 1.807) is 12.1 Å². The monoisotopic (exact) mass is 358 g/mol. The lowest BCUT2D eigenvalue weighted by atomic mass is 10.1. The van der Waals surface area contributed by atoms with Gasteiger partial charge in [-0.1, -0.05) is 25.1 Å². The van der Waals surface area contributed by atoms with Crippen LogP contribution in [0.1, 0.15) is 18.1 Å². The standard InChI is InChI=1S/C20H23FN2O3/c1-2-23(12-16-5-8-18-19(11-16)26-14-25-18)13-20(24)22-10-9-15-3-6-17(21)7-4-15/h3-8,11H,2,9-10,12-14H2,1H3,(H,22,24). The molecule has 2 aromatic rings. The van der Waals surface area contributed by atoms with Gasteiger partial charge in [-0.05, 0) is 48.4 Å². The predicted molar refractivity (Wildman–Crippen MR) is 96.6 cm³/mol. The van der Waals surface area contributed by atoms with E-state index in [4.69, 9.17) is 9.47 Å². The van der Waals surface area contributed by atoms with Gasteiger partial charge in [0, 0.05) is 13.1 Å². The van der Waals surface area contributed by atoms with Crippen molar-refractivity contribution in [2.75, 3.05) is 26.4 Å². The number of halogens is 1. The van der Waals surface area contributed by atoms with Gasteiger partial charge in [-0.3, -0.25) is 9.69 Å². The largest absolute Gasteiger partial charge is 0.454 e. The fraction of sp³-hybridized carbons (Fsp3) is 0.350. The molecule has 0 unspecified atom stereocenters. The molecule has 0 fully saturated rings. The molecule has 5 nitrogen and oxygen atoms in total. The third-order valence-corrected chi connectivity index (χ3v) is 4.31. The van der Waals surface area contributed by atoms with Crippen molar-refractivity contribution in [1.82, 2.24) is 10.2 Å². The van der Waals surface area contributed by atoms with Gasteiger partial charge in [-0.25, -0.2) is 4.39 Å². The van der Waals surface area contributed by atoms with Crippen LogP contribution in [0.5, 0.6) is 11.5 Å². The molecule has 0 aliphatic carbocycles. The lowest BCUT2D eigenvalue weighted by Crippen LogP contribution is -2.37. The summed E-state index contributed by atoms with van der Waals surface area (Å²) in [5.74, 6) is 1.24. The van der Waals surface area contributed by atoms with Crippen LogP contribution in [-0.2, 0) is 17.8 Å². The number of carbonyl (C=O) groups is 1. The van der Waals surface area contributed by atoms with Gasteiger partial charge in [0.15, 0.2) is 11.5 Å². The van der Waals surface area contributed by atoms with Gasteiger partial charge in [0.05, 0.1) is 6.54 Å². The summed E-state index contributed by atoms with van der Waals surface area (Å²) in [4.78, 5) is 14.2. The zero-order valence-corrected chi connectivity index (χ0v) is 14.8. The number of benzene rings is 2. The minimum absolute atomic E-state index is 0.0188. The first-order valence-electron chi connectivity index (χ1n) is 8.76. The fourth-order valence-corrected chi connectivity index (χ4v) is 2.83. The highest BCUT2D eigenvalue weighted by Gasteiger charge is 2.15. The average Bonchev–Trinajstić information content (AvgIpc) is 3.10. The molecule has 138 valence electrons. The van der Waals surface area contributed by atoms with Crippen LogP contribution in [0.25, 0.3) is 0 Å². The van der Waals surface area contributed by atoms with Crippen LogP contribution >= 0.6 is 0 Å². The van der Waals surface area contributed by atoms with E-state index < -0.39 is 0 Å². The number of nitrogens with zero attached hydrogens (tertiary/aromatic N) is 1. The Morgan fingerprint density at radius 3 is 2.62 bits per heavy atom. The zero-order valence-electron chi connectivity index (χ0n) is 14.8. The molecule has 0 saturated heterocycles. The number of carbonyl (C=O) groups excluding carboxylic acids is 1. The highest BCUT2D eigenvalue weighted by Crippen LogP contribution is 2.32. The summed E-state index contributed by atoms with van der Waals surface area (Å²) in [6.07, 6.45) is 0.681. The van der Waals surface area contributed by atoms with E-state index in [1.807, 2.05) is 25.1 Å². The Morgan fingerprint density at radius 2 is 1.85 bits per heavy atom. The van der Waals surface area contributed by atoms with E-state index in [0.717, 1.165) is 29.2 Å². The predicted octanol–water partition coefficient (Wildman–Crippen LogP) is 2.74. The Kier molecular flexibility index (Phi) is 6.07. The summed E-state index contributed by atoms with van der Waals surface area (Å²) < 4.78 is 23.6. The summed E-state index contributed by atoms with van der Waals surface area (Å²) in [5, 5.41) is 2.92. The minimum Gasteiger partial charge on any atom is -0.454 e. The molecule has 26 heavy (non-hydrogen) atoms. The Bertz CT molecular complexity index is 749. The van der Waals surface area contributed by atoms with Crippen molar-refractivity contribution in [2.24, 2.45) is 0 Å². The Morgan fingerprint density at radius 1 is 1.12 bits per heavy atom. The second-order valence-corrected chi connectivity index (χ2v) is 6.22. The van der Waals surface area contributed by atoms with Crippen molar-refractivity contribution in [3.63, 3.8) is 0 Å². The highest BCUT2D eigenvalue weighted by atomic mass is 19.1. The maximum absolute atomic E-state index is 12.9. The summed E-state index contributed by atoms with van der Waals surface area (Å²) >= 11 is 0. The molecule has 1 N–H and O–H groups in total. The molecule has 1 aliphatic rings. The Balaban J connectivity index is 1.45. The number of hydrogen-bond acceptors (Lipinski definition) is 4. The van der Waals surface area contributed by atoms with Crippen LogP contribution in [0, 0.1) is 5.82 Å². The van der Waals surface area contributed by atoms with Crippen LogP contribution in [0.2, 0.25) is 0 Å². The Labute approximate surface area is 152 Å². The maximum atomic E-state index is 12.9. The van der Waals surface area contributed by atoms with E-state index in [-0.39, 0.29) is 18.5 Å². The average molecular weight is 358 g/mol. The van der Waals surface area contributed by atoms with E-state index in [0.29, 0.717) is 26.1 Å². The van der Waals surface area contributed by atoms with E-state index >= 15 is 0 Å². The van der Waals surface area contributed by atoms with Crippen molar-refractivity contribution in [3.05, 3.63) is 59.4 Å². The van der Waals surface area contributed by atoms with Crippen molar-refractivity contribution in [2.45, 2.75) is 19.9 Å². The normalized spacial score (nSPS) is 12.4. The molecular formula is C20H23FN2O3. The van der Waals surface area contributed by atoms with Crippen LogP contribution in [0.15, 0.2) is 42.5 Å². The van der Waals surface area contributed by atoms with Crippen molar-refractivity contribution in [3.8, 4) is 11.5 Å². The molecule has 1 aliphatic heterocycles. The van der Waals surface area contributed by atoms with Crippen molar-refractivity contribution < 1.29 is 18.7 Å². The van der Waals surface area contributed by atoms with E-state index in [9.17, 15) is 9.18 Å². The van der Waals surface area contributed by atoms with Crippen LogP contribution in [0.4, 0.5) is 4.39 Å². The molecule has 0 bridgehead atoms. The van der Waals surface area contributed by atoms with Gasteiger partial charge in [0.1, 0.15) is 5.82 Å². The number of nitrogens with one attached hydrogen (secondary N) is 1. The molecule has 0 radical (unpaired) electrons. The molecule has 2 aromatic carbocycles. The SMILES string of the molecule is CCN(CC(=O)NCCc1ccc(F)cc1)Cc1ccc2c(c1)OCO2. The van der Waals surface area contributed by atoms with Crippen LogP contribution in [0.3, 0.4) is 0 Å². The minimum atomic E-state index is -0.250. The van der Waals surface area contributed by atoms with Gasteiger partial charge in [0.25, 0.3) is 0 Å². The zero-order chi connectivity index (χ0) is 18.4. The summed E-state index contributed by atoms with van der Waals surface area (Å²) in [6, 6.07) is 12.2. The number of rotatable bonds is 8. The number of ether oxygens (including phenoxy) is 2. The summed E-state index contributed by atoms with van der Waals surface area (Å²) in [5.41, 5.74) is 2.08. The highest BCUT2D eigenvalue weighted by molar-refractivity contribution is 5.78. The van der Waals surface area contributed by atoms with Crippen LogP contribution in [-0.4, -0.2) is 37.2 Å². The smallest absolute Gasteiger partial charge is 0.234 e. The lowest BCUT2D eigenvalue weighted by molar-refractivity contribution is -0.122. The number of hydrogen-bond donors (Lipinski definition) is 1. The lowest BCUT2D eigenvalue weighted by Gasteiger charge is -2.20. The first kappa shape index (κ1) is 18.2. The molecule has 1 amide bonds. The van der Waals surface area contributed by atoms with Gasteiger partial charge in [-0.15, -0.1) is 0 Å². The first-order chi connectivity index (χ1) is 12.6. The van der Waals surface area contributed by atoms with E-state index in [2.05, 4.69) is 10.2 Å². The second kappa shape index (κ2) is 8.67. The quantitative estimate of drug-likeness (QED) is 0.788. The van der Waals surface area contributed by atoms with Gasteiger partial charge in [-0.2, -0.15) is 0 Å². The Hall–Kier alpha value is -2.60. The maximum Gasteiger partial charge on any atom is 0.234 e. The van der Waals surface area contributed by atoms with Crippen molar-refractivity contribution >= 4 is 5.91 Å². The third-order valence-electron chi connectivity index (χ3n) is 4.31. The molecule has 0 atom stereocenters. The van der Waals surface area contributed by atoms with Crippen molar-refractivity contribution in [1.29, 1.82) is 0 Å². The van der Waals surface area contributed by atoms with Gasteiger partial charge < -0.3 is 14.8 Å². The molecule has 6 heteroatoms. The summed E-state index contributed by atoms with van der Waals surface area (Å²) in [6.45, 7) is 4.57. The fourth-order valence-electron chi connectivity index (χ4n) is 2.83. The number of amides is 1. The van der Waals surface area contributed by atoms with Gasteiger partial charge in [0.2, 0.25) is 12.7 Å². The van der Waals surface area contributed by atoms with Gasteiger partial charge >= 0.3 is 0 Å². The van der Waals surface area contributed by atoms with Crippen LogP contribution < -0.4 is 14.8 Å². The molecule has 0 aromatic heterocycles. The molecular weight excluding hydrogens is 335 g/mol. The summed E-state index contributed by atoms with van der Waals surface area (Å²) in [7, 11) is 0. The first-order valence-corrected chi connectivity index (χ1v) is 8.76. The molecule has 0 saturated carbocycles. The second-order valence-electron chi connectivity index (χ2n) is 6.22. The number of fused-ring (bicyclic) bond motifs is 1. The molecule has 3 rings (SSSR count). The topological polar surface area (TPSA) is 50.8 Å². The molecule has 0 spiro atoms.